The lowest BCUT2D eigenvalue weighted by Gasteiger charge is -2.08. The molecule has 19 heavy (non-hydrogen) atoms. The number of nitrogens with one attached hydrogen (secondary N) is 1. The Morgan fingerprint density at radius 2 is 2.00 bits per heavy atom. The van der Waals surface area contributed by atoms with E-state index in [-0.39, 0.29) is 17.3 Å². The van der Waals surface area contributed by atoms with Crippen LogP contribution in [0.5, 0.6) is 0 Å². The number of para-hydroxylation sites is 1. The molecule has 2 rings (SSSR count). The minimum Gasteiger partial charge on any atom is -0.379 e. The highest BCUT2D eigenvalue weighted by atomic mass is 35.5. The molecule has 1 N–H and O–H groups in total. The third kappa shape index (κ3) is 3.20. The van der Waals surface area contributed by atoms with Crippen molar-refractivity contribution in [3.05, 3.63) is 69.0 Å². The van der Waals surface area contributed by atoms with Crippen LogP contribution < -0.4 is 5.32 Å². The second-order valence-electron chi connectivity index (χ2n) is 3.86. The molecule has 4 nitrogen and oxygen atoms in total. The summed E-state index contributed by atoms with van der Waals surface area (Å²) >= 11 is 5.86. The molecule has 0 unspecified atom stereocenters. The summed E-state index contributed by atoms with van der Waals surface area (Å²) in [6, 6.07) is 10.4. The minimum atomic E-state index is -0.441. The summed E-state index contributed by atoms with van der Waals surface area (Å²) in [6.45, 7) is 0.239. The van der Waals surface area contributed by atoms with E-state index in [1.54, 1.807) is 18.2 Å². The molecular weight excluding hydrogens is 271 g/mol. The first kappa shape index (κ1) is 13.3. The van der Waals surface area contributed by atoms with Gasteiger partial charge >= 0.3 is 0 Å². The standard InChI is InChI=1S/C13H10ClFN2O2/c14-11-7-10(15)5-6-12(11)16-8-9-3-1-2-4-13(9)17(18)19/h1-7,16H,8H2. The van der Waals surface area contributed by atoms with Gasteiger partial charge in [-0.25, -0.2) is 4.39 Å². The SMILES string of the molecule is O=[N+]([O-])c1ccccc1CNc1ccc(F)cc1Cl. The number of benzene rings is 2. The molecule has 0 aromatic heterocycles. The lowest BCUT2D eigenvalue weighted by atomic mass is 10.2. The molecule has 2 aromatic rings. The van der Waals surface area contributed by atoms with Crippen molar-refractivity contribution in [1.29, 1.82) is 0 Å². The Hall–Kier alpha value is -2.14. The number of nitro groups is 1. The molecular formula is C13H10ClFN2O2. The fourth-order valence-corrected chi connectivity index (χ4v) is 1.90. The predicted molar refractivity (Wildman–Crippen MR) is 71.8 cm³/mol. The second-order valence-corrected chi connectivity index (χ2v) is 4.27. The lowest BCUT2D eigenvalue weighted by Crippen LogP contribution is -2.03. The molecule has 0 amide bonds. The van der Waals surface area contributed by atoms with Crippen LogP contribution in [0.1, 0.15) is 5.56 Å². The maximum absolute atomic E-state index is 12.9. The second kappa shape index (κ2) is 5.67. The van der Waals surface area contributed by atoms with Crippen molar-refractivity contribution in [1.82, 2.24) is 0 Å². The summed E-state index contributed by atoms with van der Waals surface area (Å²) < 4.78 is 12.9. The molecule has 0 radical (unpaired) electrons. The van der Waals surface area contributed by atoms with E-state index in [1.165, 1.54) is 24.3 Å². The van der Waals surface area contributed by atoms with E-state index >= 15 is 0 Å². The van der Waals surface area contributed by atoms with Gasteiger partial charge in [-0.2, -0.15) is 0 Å². The number of nitrogens with zero attached hydrogens (tertiary/aromatic N) is 1. The molecule has 0 fully saturated rings. The highest BCUT2D eigenvalue weighted by Gasteiger charge is 2.12. The zero-order valence-corrected chi connectivity index (χ0v) is 10.5. The Morgan fingerprint density at radius 1 is 1.26 bits per heavy atom. The van der Waals surface area contributed by atoms with E-state index in [2.05, 4.69) is 5.32 Å². The van der Waals surface area contributed by atoms with Crippen LogP contribution in [0, 0.1) is 15.9 Å². The van der Waals surface area contributed by atoms with Crippen molar-refractivity contribution in [2.45, 2.75) is 6.54 Å². The number of halogens is 2. The fraction of sp³-hybridized carbons (Fsp3) is 0.0769. The first-order valence-electron chi connectivity index (χ1n) is 5.49. The van der Waals surface area contributed by atoms with Gasteiger partial charge in [0.25, 0.3) is 5.69 Å². The van der Waals surface area contributed by atoms with Gasteiger partial charge in [0.1, 0.15) is 5.82 Å². The van der Waals surface area contributed by atoms with Gasteiger partial charge in [-0.3, -0.25) is 10.1 Å². The average Bonchev–Trinajstić information content (AvgIpc) is 2.38. The van der Waals surface area contributed by atoms with Crippen molar-refractivity contribution < 1.29 is 9.31 Å². The molecule has 98 valence electrons. The van der Waals surface area contributed by atoms with Crippen LogP contribution in [0.4, 0.5) is 15.8 Å². The van der Waals surface area contributed by atoms with E-state index in [4.69, 9.17) is 11.6 Å². The van der Waals surface area contributed by atoms with E-state index in [1.807, 2.05) is 0 Å². The van der Waals surface area contributed by atoms with Crippen LogP contribution in [0.2, 0.25) is 5.02 Å². The summed E-state index contributed by atoms with van der Waals surface area (Å²) in [7, 11) is 0. The van der Waals surface area contributed by atoms with Crippen LogP contribution in [0.15, 0.2) is 42.5 Å². The van der Waals surface area contributed by atoms with Crippen molar-refractivity contribution in [2.24, 2.45) is 0 Å². The Kier molecular flexibility index (Phi) is 3.97. The Labute approximate surface area is 114 Å². The van der Waals surface area contributed by atoms with Crippen molar-refractivity contribution in [3.8, 4) is 0 Å². The fourth-order valence-electron chi connectivity index (χ4n) is 1.66. The maximum atomic E-state index is 12.9. The molecule has 0 saturated heterocycles. The Balaban J connectivity index is 2.17. The minimum absolute atomic E-state index is 0.0354. The van der Waals surface area contributed by atoms with E-state index in [9.17, 15) is 14.5 Å². The number of rotatable bonds is 4. The van der Waals surface area contributed by atoms with Gasteiger partial charge in [0.15, 0.2) is 0 Å². The largest absolute Gasteiger partial charge is 0.379 e. The number of anilines is 1. The van der Waals surface area contributed by atoms with Crippen LogP contribution in [-0.4, -0.2) is 4.92 Å². The molecule has 2 aromatic carbocycles. The predicted octanol–water partition coefficient (Wildman–Crippen LogP) is 4.00. The normalized spacial score (nSPS) is 10.2. The summed E-state index contributed by atoms with van der Waals surface area (Å²) in [5, 5.41) is 14.0. The van der Waals surface area contributed by atoms with Crippen LogP contribution >= 0.6 is 11.6 Å². The third-order valence-electron chi connectivity index (χ3n) is 2.59. The van der Waals surface area contributed by atoms with Crippen molar-refractivity contribution in [2.75, 3.05) is 5.32 Å². The molecule has 0 bridgehead atoms. The topological polar surface area (TPSA) is 55.2 Å². The van der Waals surface area contributed by atoms with Crippen LogP contribution in [-0.2, 0) is 6.54 Å². The van der Waals surface area contributed by atoms with Crippen LogP contribution in [0.3, 0.4) is 0 Å². The molecule has 0 spiro atoms. The summed E-state index contributed by atoms with van der Waals surface area (Å²) in [5.41, 5.74) is 1.10. The Bertz CT molecular complexity index is 619. The summed E-state index contributed by atoms with van der Waals surface area (Å²) in [5.74, 6) is -0.429. The van der Waals surface area contributed by atoms with Gasteiger partial charge in [0.05, 0.1) is 15.6 Å². The molecule has 0 heterocycles. The first-order chi connectivity index (χ1) is 9.08. The van der Waals surface area contributed by atoms with Crippen LogP contribution in [0.25, 0.3) is 0 Å². The monoisotopic (exact) mass is 280 g/mol. The lowest BCUT2D eigenvalue weighted by molar-refractivity contribution is -0.385. The number of hydrogen-bond donors (Lipinski definition) is 1. The smallest absolute Gasteiger partial charge is 0.274 e. The zero-order valence-electron chi connectivity index (χ0n) is 9.77. The third-order valence-corrected chi connectivity index (χ3v) is 2.90. The van der Waals surface area contributed by atoms with E-state index in [0.29, 0.717) is 11.3 Å². The summed E-state index contributed by atoms with van der Waals surface area (Å²) in [4.78, 5) is 10.4. The molecule has 0 aliphatic heterocycles. The maximum Gasteiger partial charge on any atom is 0.274 e. The van der Waals surface area contributed by atoms with Gasteiger partial charge in [0.2, 0.25) is 0 Å². The van der Waals surface area contributed by atoms with Crippen molar-refractivity contribution in [3.63, 3.8) is 0 Å². The number of hydrogen-bond acceptors (Lipinski definition) is 3. The van der Waals surface area contributed by atoms with Gasteiger partial charge in [-0.15, -0.1) is 0 Å². The number of nitro benzene ring substituents is 1. The molecule has 0 saturated carbocycles. The Morgan fingerprint density at radius 3 is 2.68 bits per heavy atom. The van der Waals surface area contributed by atoms with Gasteiger partial charge in [0, 0.05) is 18.2 Å². The molecule has 0 aliphatic rings. The molecule has 0 aliphatic carbocycles. The quantitative estimate of drug-likeness (QED) is 0.680. The van der Waals surface area contributed by atoms with E-state index < -0.39 is 10.7 Å². The zero-order chi connectivity index (χ0) is 13.8. The molecule has 0 atom stereocenters. The summed E-state index contributed by atoms with van der Waals surface area (Å²) in [6.07, 6.45) is 0. The van der Waals surface area contributed by atoms with Gasteiger partial charge in [-0.05, 0) is 18.2 Å². The average molecular weight is 281 g/mol. The highest BCUT2D eigenvalue weighted by Crippen LogP contribution is 2.24. The highest BCUT2D eigenvalue weighted by molar-refractivity contribution is 6.33. The van der Waals surface area contributed by atoms with Gasteiger partial charge < -0.3 is 5.32 Å². The first-order valence-corrected chi connectivity index (χ1v) is 5.87. The van der Waals surface area contributed by atoms with Crippen molar-refractivity contribution >= 4 is 23.0 Å². The van der Waals surface area contributed by atoms with E-state index in [0.717, 1.165) is 0 Å². The van der Waals surface area contributed by atoms with Gasteiger partial charge in [-0.1, -0.05) is 29.8 Å². The molecule has 6 heteroatoms.